The van der Waals surface area contributed by atoms with Crippen molar-refractivity contribution in [2.75, 3.05) is 26.2 Å². The fourth-order valence-electron chi connectivity index (χ4n) is 3.31. The van der Waals surface area contributed by atoms with Gasteiger partial charge in [0, 0.05) is 38.6 Å². The predicted molar refractivity (Wildman–Crippen MR) is 83.3 cm³/mol. The maximum absolute atomic E-state index is 12.4. The molecule has 2 saturated heterocycles. The van der Waals surface area contributed by atoms with Gasteiger partial charge in [-0.15, -0.1) is 0 Å². The third kappa shape index (κ3) is 4.85. The van der Waals surface area contributed by atoms with E-state index in [-0.39, 0.29) is 49.2 Å². The number of amides is 3. The van der Waals surface area contributed by atoms with Gasteiger partial charge in [-0.05, 0) is 32.6 Å². The van der Waals surface area contributed by atoms with Crippen molar-refractivity contribution in [3.05, 3.63) is 0 Å². The average Bonchev–Trinajstić information content (AvgIpc) is 2.93. The van der Waals surface area contributed by atoms with E-state index in [1.54, 1.807) is 4.90 Å². The summed E-state index contributed by atoms with van der Waals surface area (Å²) in [6, 6.07) is 0.0563. The first-order valence-electron chi connectivity index (χ1n) is 8.53. The second-order valence-electron chi connectivity index (χ2n) is 7.02. The minimum atomic E-state index is -4.83. The Morgan fingerprint density at radius 2 is 1.84 bits per heavy atom. The van der Waals surface area contributed by atoms with Crippen LogP contribution in [0.1, 0.15) is 33.1 Å². The van der Waals surface area contributed by atoms with Gasteiger partial charge in [-0.3, -0.25) is 14.4 Å². The highest BCUT2D eigenvalue weighted by molar-refractivity contribution is 5.89. The zero-order valence-electron chi connectivity index (χ0n) is 14.4. The molecule has 3 amide bonds. The fourth-order valence-corrected chi connectivity index (χ4v) is 3.31. The summed E-state index contributed by atoms with van der Waals surface area (Å²) in [7, 11) is 0. The summed E-state index contributed by atoms with van der Waals surface area (Å²) in [4.78, 5) is 37.7. The number of hydrogen-bond acceptors (Lipinski definition) is 3. The van der Waals surface area contributed by atoms with E-state index in [2.05, 4.69) is 5.32 Å². The molecule has 1 unspecified atom stereocenters. The average molecular weight is 363 g/mol. The van der Waals surface area contributed by atoms with E-state index >= 15 is 0 Å². The lowest BCUT2D eigenvalue weighted by atomic mass is 9.96. The van der Waals surface area contributed by atoms with Crippen molar-refractivity contribution < 1.29 is 27.6 Å². The number of alkyl halides is 3. The largest absolute Gasteiger partial charge is 0.471 e. The third-order valence-corrected chi connectivity index (χ3v) is 4.86. The van der Waals surface area contributed by atoms with Gasteiger partial charge in [-0.25, -0.2) is 0 Å². The van der Waals surface area contributed by atoms with Gasteiger partial charge in [0.25, 0.3) is 0 Å². The number of rotatable bonds is 4. The summed E-state index contributed by atoms with van der Waals surface area (Å²) in [6.07, 6.45) is -3.80. The topological polar surface area (TPSA) is 69.7 Å². The van der Waals surface area contributed by atoms with Crippen LogP contribution in [0.4, 0.5) is 13.2 Å². The molecule has 0 aromatic carbocycles. The number of nitrogens with zero attached hydrogens (tertiary/aromatic N) is 2. The summed E-state index contributed by atoms with van der Waals surface area (Å²) >= 11 is 0. The number of hydrogen-bond donors (Lipinski definition) is 1. The molecular formula is C16H24F3N3O3. The van der Waals surface area contributed by atoms with Crippen molar-refractivity contribution in [3.63, 3.8) is 0 Å². The Hall–Kier alpha value is -1.80. The number of carbonyl (C=O) groups excluding carboxylic acids is 3. The monoisotopic (exact) mass is 363 g/mol. The molecule has 0 aromatic heterocycles. The second-order valence-corrected chi connectivity index (χ2v) is 7.02. The van der Waals surface area contributed by atoms with Crippen LogP contribution in [0, 0.1) is 11.8 Å². The Balaban J connectivity index is 1.74. The van der Waals surface area contributed by atoms with Crippen LogP contribution in [0.15, 0.2) is 0 Å². The number of nitrogens with one attached hydrogen (secondary N) is 1. The number of halogens is 3. The van der Waals surface area contributed by atoms with Gasteiger partial charge >= 0.3 is 12.1 Å². The van der Waals surface area contributed by atoms with Crippen molar-refractivity contribution >= 4 is 17.7 Å². The molecule has 0 aliphatic carbocycles. The molecule has 2 aliphatic heterocycles. The van der Waals surface area contributed by atoms with Crippen molar-refractivity contribution in [1.82, 2.24) is 15.1 Å². The molecule has 0 radical (unpaired) electrons. The standard InChI is InChI=1S/C16H24F3N3O3/c1-10(2)22-9-12(7-13(22)23)14(24)20-8-11-3-5-21(6-4-11)15(25)16(17,18)19/h10-12H,3-9H2,1-2H3,(H,20,24). The smallest absolute Gasteiger partial charge is 0.356 e. The van der Waals surface area contributed by atoms with E-state index < -0.39 is 12.1 Å². The molecule has 0 spiro atoms. The summed E-state index contributed by atoms with van der Waals surface area (Å²) in [5.74, 6) is -2.35. The minimum absolute atomic E-state index is 0.0332. The molecule has 2 aliphatic rings. The van der Waals surface area contributed by atoms with E-state index in [1.165, 1.54) is 0 Å². The highest BCUT2D eigenvalue weighted by Gasteiger charge is 2.43. The van der Waals surface area contributed by atoms with Crippen LogP contribution in [0.3, 0.4) is 0 Å². The molecule has 0 saturated carbocycles. The summed E-state index contributed by atoms with van der Waals surface area (Å²) in [5, 5.41) is 2.81. The van der Waals surface area contributed by atoms with E-state index in [1.807, 2.05) is 13.8 Å². The zero-order chi connectivity index (χ0) is 18.8. The highest BCUT2D eigenvalue weighted by atomic mass is 19.4. The molecule has 25 heavy (non-hydrogen) atoms. The Kier molecular flexibility index (Phi) is 5.95. The predicted octanol–water partition coefficient (Wildman–Crippen LogP) is 1.16. The van der Waals surface area contributed by atoms with Gasteiger partial charge in [0.05, 0.1) is 5.92 Å². The number of piperidine rings is 1. The summed E-state index contributed by atoms with van der Waals surface area (Å²) in [5.41, 5.74) is 0. The van der Waals surface area contributed by atoms with Crippen molar-refractivity contribution in [3.8, 4) is 0 Å². The van der Waals surface area contributed by atoms with E-state index in [0.29, 0.717) is 25.9 Å². The maximum Gasteiger partial charge on any atom is 0.471 e. The first kappa shape index (κ1) is 19.5. The molecule has 0 aromatic rings. The normalized spacial score (nSPS) is 22.6. The van der Waals surface area contributed by atoms with Gasteiger partial charge in [-0.2, -0.15) is 13.2 Å². The van der Waals surface area contributed by atoms with Crippen LogP contribution in [0.5, 0.6) is 0 Å². The Morgan fingerprint density at radius 1 is 1.24 bits per heavy atom. The van der Waals surface area contributed by atoms with Gasteiger partial charge in [0.2, 0.25) is 11.8 Å². The fraction of sp³-hybridized carbons (Fsp3) is 0.812. The highest BCUT2D eigenvalue weighted by Crippen LogP contribution is 2.24. The summed E-state index contributed by atoms with van der Waals surface area (Å²) < 4.78 is 37.2. The molecule has 2 heterocycles. The molecule has 9 heteroatoms. The first-order valence-corrected chi connectivity index (χ1v) is 8.53. The van der Waals surface area contributed by atoms with E-state index in [9.17, 15) is 27.6 Å². The van der Waals surface area contributed by atoms with E-state index in [4.69, 9.17) is 0 Å². The molecule has 0 bridgehead atoms. The van der Waals surface area contributed by atoms with Gasteiger partial charge in [-0.1, -0.05) is 0 Å². The molecule has 2 fully saturated rings. The van der Waals surface area contributed by atoms with E-state index in [0.717, 1.165) is 4.90 Å². The Morgan fingerprint density at radius 3 is 2.32 bits per heavy atom. The molecule has 1 N–H and O–H groups in total. The van der Waals surface area contributed by atoms with Crippen molar-refractivity contribution in [1.29, 1.82) is 0 Å². The van der Waals surface area contributed by atoms with Crippen LogP contribution >= 0.6 is 0 Å². The van der Waals surface area contributed by atoms with Crippen LogP contribution < -0.4 is 5.32 Å². The molecule has 6 nitrogen and oxygen atoms in total. The number of carbonyl (C=O) groups is 3. The Labute approximate surface area is 144 Å². The molecule has 1 atom stereocenters. The van der Waals surface area contributed by atoms with Gasteiger partial charge in [0.15, 0.2) is 0 Å². The van der Waals surface area contributed by atoms with Gasteiger partial charge < -0.3 is 15.1 Å². The Bertz CT molecular complexity index is 528. The lowest BCUT2D eigenvalue weighted by Gasteiger charge is -2.32. The van der Waals surface area contributed by atoms with Crippen LogP contribution in [0.2, 0.25) is 0 Å². The van der Waals surface area contributed by atoms with Crippen molar-refractivity contribution in [2.45, 2.75) is 45.3 Å². The first-order chi connectivity index (χ1) is 11.6. The lowest BCUT2D eigenvalue weighted by molar-refractivity contribution is -0.186. The van der Waals surface area contributed by atoms with Crippen molar-refractivity contribution in [2.24, 2.45) is 11.8 Å². The molecular weight excluding hydrogens is 339 g/mol. The van der Waals surface area contributed by atoms with Crippen LogP contribution in [-0.4, -0.2) is 65.9 Å². The summed E-state index contributed by atoms with van der Waals surface area (Å²) in [6.45, 7) is 4.65. The zero-order valence-corrected chi connectivity index (χ0v) is 14.4. The quantitative estimate of drug-likeness (QED) is 0.815. The SMILES string of the molecule is CC(C)N1CC(C(=O)NCC2CCN(C(=O)C(F)(F)F)CC2)CC1=O. The van der Waals surface area contributed by atoms with Gasteiger partial charge in [0.1, 0.15) is 0 Å². The minimum Gasteiger partial charge on any atom is -0.356 e. The third-order valence-electron chi connectivity index (χ3n) is 4.86. The lowest BCUT2D eigenvalue weighted by Crippen LogP contribution is -2.47. The van der Waals surface area contributed by atoms with Crippen LogP contribution in [0.25, 0.3) is 0 Å². The van der Waals surface area contributed by atoms with Crippen LogP contribution in [-0.2, 0) is 14.4 Å². The second kappa shape index (κ2) is 7.61. The molecule has 2 rings (SSSR count). The maximum atomic E-state index is 12.4. The number of likely N-dealkylation sites (tertiary alicyclic amines) is 2. The molecule has 142 valence electrons.